The largest absolute Gasteiger partial charge is 0.504 e. The highest BCUT2D eigenvalue weighted by atomic mass is 79.9. The maximum absolute atomic E-state index is 10.9. The SMILES string of the molecule is COc1c(O)c(C(=O)O)c(Br)c(Br)c1Br. The summed E-state index contributed by atoms with van der Waals surface area (Å²) >= 11 is 9.42. The number of hydrogen-bond donors (Lipinski definition) is 2. The van der Waals surface area contributed by atoms with Crippen LogP contribution >= 0.6 is 47.8 Å². The Labute approximate surface area is 111 Å². The van der Waals surface area contributed by atoms with E-state index in [4.69, 9.17) is 9.84 Å². The van der Waals surface area contributed by atoms with E-state index in [9.17, 15) is 9.90 Å². The van der Waals surface area contributed by atoms with E-state index >= 15 is 0 Å². The summed E-state index contributed by atoms with van der Waals surface area (Å²) in [4.78, 5) is 10.9. The summed E-state index contributed by atoms with van der Waals surface area (Å²) in [5.41, 5.74) is -0.248. The Balaban J connectivity index is 3.68. The molecule has 0 radical (unpaired) electrons. The van der Waals surface area contributed by atoms with Crippen LogP contribution in [0.2, 0.25) is 0 Å². The molecule has 0 bridgehead atoms. The molecule has 2 N–H and O–H groups in total. The summed E-state index contributed by atoms with van der Waals surface area (Å²) in [6.07, 6.45) is 0. The number of halogens is 3. The van der Waals surface area contributed by atoms with E-state index < -0.39 is 11.7 Å². The zero-order valence-electron chi connectivity index (χ0n) is 7.34. The van der Waals surface area contributed by atoms with Crippen molar-refractivity contribution in [2.24, 2.45) is 0 Å². The van der Waals surface area contributed by atoms with Gasteiger partial charge in [-0.2, -0.15) is 0 Å². The van der Waals surface area contributed by atoms with Gasteiger partial charge in [0.15, 0.2) is 11.5 Å². The minimum Gasteiger partial charge on any atom is -0.504 e. The Morgan fingerprint density at radius 3 is 2.13 bits per heavy atom. The van der Waals surface area contributed by atoms with Crippen LogP contribution in [-0.2, 0) is 0 Å². The van der Waals surface area contributed by atoms with Crippen LogP contribution < -0.4 is 4.74 Å². The molecule has 0 spiro atoms. The maximum Gasteiger partial charge on any atom is 0.340 e. The van der Waals surface area contributed by atoms with Crippen LogP contribution in [0.5, 0.6) is 11.5 Å². The third-order valence-corrected chi connectivity index (χ3v) is 5.08. The van der Waals surface area contributed by atoms with E-state index in [1.54, 1.807) is 0 Å². The fourth-order valence-corrected chi connectivity index (χ4v) is 2.76. The maximum atomic E-state index is 10.9. The average molecular weight is 405 g/mol. The first-order chi connectivity index (χ1) is 6.91. The number of ether oxygens (including phenoxy) is 1. The molecule has 0 amide bonds. The van der Waals surface area contributed by atoms with Crippen molar-refractivity contribution in [3.8, 4) is 11.5 Å². The van der Waals surface area contributed by atoms with Gasteiger partial charge in [0.05, 0.1) is 20.5 Å². The summed E-state index contributed by atoms with van der Waals surface area (Å²) in [7, 11) is 1.34. The molecule has 0 fully saturated rings. The number of carbonyl (C=O) groups is 1. The summed E-state index contributed by atoms with van der Waals surface area (Å²) in [6, 6.07) is 0. The topological polar surface area (TPSA) is 66.8 Å². The van der Waals surface area contributed by atoms with Crippen molar-refractivity contribution in [3.63, 3.8) is 0 Å². The molecule has 0 heterocycles. The van der Waals surface area contributed by atoms with Crippen molar-refractivity contribution in [2.75, 3.05) is 7.11 Å². The van der Waals surface area contributed by atoms with E-state index in [-0.39, 0.29) is 15.8 Å². The number of phenols is 1. The number of carboxylic acids is 1. The van der Waals surface area contributed by atoms with Gasteiger partial charge in [-0.25, -0.2) is 4.79 Å². The van der Waals surface area contributed by atoms with Crippen LogP contribution in [0.15, 0.2) is 13.4 Å². The van der Waals surface area contributed by atoms with Crippen LogP contribution in [0.1, 0.15) is 10.4 Å². The summed E-state index contributed by atoms with van der Waals surface area (Å²) in [5, 5.41) is 18.6. The summed E-state index contributed by atoms with van der Waals surface area (Å²) in [5.74, 6) is -1.60. The third-order valence-electron chi connectivity index (χ3n) is 1.67. The Morgan fingerprint density at radius 1 is 1.20 bits per heavy atom. The zero-order valence-corrected chi connectivity index (χ0v) is 12.1. The molecule has 4 nitrogen and oxygen atoms in total. The lowest BCUT2D eigenvalue weighted by Gasteiger charge is -2.12. The number of aromatic carboxylic acids is 1. The van der Waals surface area contributed by atoms with Gasteiger partial charge in [0.25, 0.3) is 0 Å². The van der Waals surface area contributed by atoms with Crippen LogP contribution in [-0.4, -0.2) is 23.3 Å². The fourth-order valence-electron chi connectivity index (χ4n) is 1.01. The van der Waals surface area contributed by atoms with E-state index in [1.165, 1.54) is 7.11 Å². The minimum atomic E-state index is -1.24. The van der Waals surface area contributed by atoms with Crippen molar-refractivity contribution in [2.45, 2.75) is 0 Å². The van der Waals surface area contributed by atoms with Gasteiger partial charge < -0.3 is 14.9 Å². The molecule has 0 aliphatic rings. The van der Waals surface area contributed by atoms with Gasteiger partial charge in [-0.05, 0) is 47.8 Å². The molecule has 0 unspecified atom stereocenters. The van der Waals surface area contributed by atoms with Gasteiger partial charge in [0, 0.05) is 0 Å². The monoisotopic (exact) mass is 402 g/mol. The number of carboxylic acid groups (broad SMARTS) is 1. The Hall–Kier alpha value is -0.270. The lowest BCUT2D eigenvalue weighted by molar-refractivity contribution is 0.0692. The molecule has 0 aliphatic carbocycles. The average Bonchev–Trinajstić information content (AvgIpc) is 2.15. The van der Waals surface area contributed by atoms with Crippen LogP contribution in [0.3, 0.4) is 0 Å². The van der Waals surface area contributed by atoms with Crippen molar-refractivity contribution in [1.82, 2.24) is 0 Å². The molecule has 0 saturated heterocycles. The number of rotatable bonds is 2. The molecule has 1 rings (SSSR count). The van der Waals surface area contributed by atoms with Crippen molar-refractivity contribution >= 4 is 53.8 Å². The van der Waals surface area contributed by atoms with Crippen LogP contribution in [0, 0.1) is 0 Å². The van der Waals surface area contributed by atoms with Gasteiger partial charge in [-0.15, -0.1) is 0 Å². The van der Waals surface area contributed by atoms with Crippen LogP contribution in [0.25, 0.3) is 0 Å². The Kier molecular flexibility index (Phi) is 4.02. The van der Waals surface area contributed by atoms with E-state index in [0.29, 0.717) is 8.95 Å². The second-order valence-corrected chi connectivity index (χ2v) is 4.88. The first-order valence-corrected chi connectivity index (χ1v) is 5.96. The second kappa shape index (κ2) is 4.71. The lowest BCUT2D eigenvalue weighted by atomic mass is 10.2. The van der Waals surface area contributed by atoms with Crippen molar-refractivity contribution in [3.05, 3.63) is 19.0 Å². The number of aromatic hydroxyl groups is 1. The Bertz CT molecular complexity index is 431. The molecule has 0 atom stereocenters. The van der Waals surface area contributed by atoms with Gasteiger partial charge in [0.2, 0.25) is 0 Å². The molecule has 0 aromatic heterocycles. The van der Waals surface area contributed by atoms with Gasteiger partial charge in [-0.3, -0.25) is 0 Å². The van der Waals surface area contributed by atoms with E-state index in [2.05, 4.69) is 47.8 Å². The normalized spacial score (nSPS) is 10.1. The molecule has 1 aromatic carbocycles. The first-order valence-electron chi connectivity index (χ1n) is 3.58. The highest BCUT2D eigenvalue weighted by Gasteiger charge is 2.24. The molecular weight excluding hydrogens is 400 g/mol. The van der Waals surface area contributed by atoms with Crippen molar-refractivity contribution in [1.29, 1.82) is 0 Å². The highest BCUT2D eigenvalue weighted by Crippen LogP contribution is 2.47. The fraction of sp³-hybridized carbons (Fsp3) is 0.125. The van der Waals surface area contributed by atoms with Gasteiger partial charge >= 0.3 is 5.97 Å². The summed E-state index contributed by atoms with van der Waals surface area (Å²) < 4.78 is 6.05. The molecule has 0 aliphatic heterocycles. The Morgan fingerprint density at radius 2 is 1.73 bits per heavy atom. The molecular formula is C8H5Br3O4. The minimum absolute atomic E-state index is 0.0717. The predicted molar refractivity (Wildman–Crippen MR) is 64.7 cm³/mol. The molecule has 1 aromatic rings. The quantitative estimate of drug-likeness (QED) is 0.741. The van der Waals surface area contributed by atoms with Gasteiger partial charge in [0.1, 0.15) is 5.56 Å². The third kappa shape index (κ3) is 2.14. The number of benzene rings is 1. The first kappa shape index (κ1) is 12.8. The summed E-state index contributed by atoms with van der Waals surface area (Å²) in [6.45, 7) is 0. The number of hydrogen-bond acceptors (Lipinski definition) is 3. The molecule has 7 heteroatoms. The van der Waals surface area contributed by atoms with Gasteiger partial charge in [-0.1, -0.05) is 0 Å². The molecule has 0 saturated carbocycles. The van der Waals surface area contributed by atoms with E-state index in [0.717, 1.165) is 0 Å². The second-order valence-electron chi connectivity index (χ2n) is 2.50. The highest BCUT2D eigenvalue weighted by molar-refractivity contribution is 9.14. The molecule has 82 valence electrons. The zero-order chi connectivity index (χ0) is 11.7. The van der Waals surface area contributed by atoms with Crippen molar-refractivity contribution < 1.29 is 19.7 Å². The smallest absolute Gasteiger partial charge is 0.340 e. The lowest BCUT2D eigenvalue weighted by Crippen LogP contribution is -2.01. The van der Waals surface area contributed by atoms with E-state index in [1.807, 2.05) is 0 Å². The predicted octanol–water partition coefficient (Wildman–Crippen LogP) is 3.39. The molecule has 15 heavy (non-hydrogen) atoms. The number of methoxy groups -OCH3 is 1. The van der Waals surface area contributed by atoms with Crippen LogP contribution in [0.4, 0.5) is 0 Å². The standard InChI is InChI=1S/C8H5Br3O4/c1-15-7-5(11)4(10)3(9)2(6(7)12)8(13)14/h12H,1H3,(H,13,14).